The molecule has 1 atom stereocenters. The average Bonchev–Trinajstić information content (AvgIpc) is 2.67. The van der Waals surface area contributed by atoms with Crippen LogP contribution in [0.2, 0.25) is 0 Å². The van der Waals surface area contributed by atoms with Crippen LogP contribution in [0.25, 0.3) is 0 Å². The highest BCUT2D eigenvalue weighted by Gasteiger charge is 2.17. The molecule has 0 saturated carbocycles. The molecule has 29 heavy (non-hydrogen) atoms. The molecular formula is C20H24N2O6S. The van der Waals surface area contributed by atoms with Crippen molar-refractivity contribution in [3.05, 3.63) is 69.8 Å². The van der Waals surface area contributed by atoms with Crippen molar-refractivity contribution in [1.29, 1.82) is 0 Å². The van der Waals surface area contributed by atoms with Crippen molar-refractivity contribution in [1.82, 2.24) is 4.72 Å². The van der Waals surface area contributed by atoms with Crippen molar-refractivity contribution in [3.8, 4) is 0 Å². The zero-order valence-corrected chi connectivity index (χ0v) is 17.3. The van der Waals surface area contributed by atoms with Crippen molar-refractivity contribution in [3.63, 3.8) is 0 Å². The van der Waals surface area contributed by atoms with Crippen LogP contribution in [0, 0.1) is 10.1 Å². The Bertz CT molecular complexity index is 971. The minimum atomic E-state index is -3.73. The van der Waals surface area contributed by atoms with Crippen LogP contribution >= 0.6 is 0 Å². The molecule has 8 nitrogen and oxygen atoms in total. The Labute approximate surface area is 170 Å². The summed E-state index contributed by atoms with van der Waals surface area (Å²) in [6.45, 7) is 5.51. The lowest BCUT2D eigenvalue weighted by molar-refractivity contribution is -0.385. The lowest BCUT2D eigenvalue weighted by Crippen LogP contribution is -2.27. The largest absolute Gasteiger partial charge is 0.458 e. The predicted molar refractivity (Wildman–Crippen MR) is 108 cm³/mol. The highest BCUT2D eigenvalue weighted by Crippen LogP contribution is 2.22. The first-order valence-electron chi connectivity index (χ1n) is 9.13. The summed E-state index contributed by atoms with van der Waals surface area (Å²) < 4.78 is 32.2. The lowest BCUT2D eigenvalue weighted by atomic mass is 10.0. The number of nitrogens with zero attached hydrogens (tertiary/aromatic N) is 1. The number of benzene rings is 2. The van der Waals surface area contributed by atoms with Gasteiger partial charge in [-0.25, -0.2) is 13.1 Å². The van der Waals surface area contributed by atoms with Gasteiger partial charge in [-0.1, -0.05) is 38.1 Å². The van der Waals surface area contributed by atoms with Crippen LogP contribution in [0.15, 0.2) is 53.4 Å². The van der Waals surface area contributed by atoms with E-state index in [4.69, 9.17) is 4.74 Å². The van der Waals surface area contributed by atoms with Crippen LogP contribution in [-0.4, -0.2) is 25.9 Å². The number of carbonyl (C=O) groups is 1. The lowest BCUT2D eigenvalue weighted by Gasteiger charge is -2.14. The molecule has 0 radical (unpaired) electrons. The highest BCUT2D eigenvalue weighted by atomic mass is 32.2. The van der Waals surface area contributed by atoms with Crippen LogP contribution < -0.4 is 4.72 Å². The zero-order valence-electron chi connectivity index (χ0n) is 16.5. The normalized spacial score (nSPS) is 12.6. The van der Waals surface area contributed by atoms with Gasteiger partial charge in [-0.3, -0.25) is 14.9 Å². The van der Waals surface area contributed by atoms with E-state index in [0.717, 1.165) is 5.56 Å². The summed E-state index contributed by atoms with van der Waals surface area (Å²) in [6, 6.07) is 12.4. The SMILES string of the molecule is CC(C)c1ccc(S(=O)(=O)NCCC(=O)O[C@H](C)c2cccc([N+](=O)[O-])c2)cc1. The van der Waals surface area contributed by atoms with E-state index in [1.807, 2.05) is 13.8 Å². The number of non-ortho nitro benzene ring substituents is 1. The summed E-state index contributed by atoms with van der Waals surface area (Å²) >= 11 is 0. The predicted octanol–water partition coefficient (Wildman–Crippen LogP) is 3.69. The molecule has 0 aliphatic carbocycles. The summed E-state index contributed by atoms with van der Waals surface area (Å²) in [5, 5.41) is 10.8. The number of hydrogen-bond donors (Lipinski definition) is 1. The zero-order chi connectivity index (χ0) is 21.6. The molecule has 2 aromatic carbocycles. The van der Waals surface area contributed by atoms with Crippen LogP contribution in [0.4, 0.5) is 5.69 Å². The Morgan fingerprint density at radius 2 is 1.76 bits per heavy atom. The molecule has 2 aromatic rings. The van der Waals surface area contributed by atoms with Gasteiger partial charge in [0.2, 0.25) is 10.0 Å². The molecule has 0 fully saturated rings. The summed E-state index contributed by atoms with van der Waals surface area (Å²) in [5.41, 5.74) is 1.42. The van der Waals surface area contributed by atoms with E-state index in [-0.39, 0.29) is 23.5 Å². The summed E-state index contributed by atoms with van der Waals surface area (Å²) in [5.74, 6) is -0.315. The van der Waals surface area contributed by atoms with Gasteiger partial charge in [-0.2, -0.15) is 0 Å². The topological polar surface area (TPSA) is 116 Å². The van der Waals surface area contributed by atoms with Crippen LogP contribution in [0.5, 0.6) is 0 Å². The fourth-order valence-electron chi connectivity index (χ4n) is 2.62. The number of nitro benzene ring substituents is 1. The molecule has 0 aliphatic rings. The van der Waals surface area contributed by atoms with E-state index in [9.17, 15) is 23.3 Å². The fraction of sp³-hybridized carbons (Fsp3) is 0.350. The summed E-state index contributed by atoms with van der Waals surface area (Å²) in [4.78, 5) is 22.4. The second-order valence-electron chi connectivity index (χ2n) is 6.86. The summed E-state index contributed by atoms with van der Waals surface area (Å²) in [7, 11) is -3.73. The van der Waals surface area contributed by atoms with E-state index in [2.05, 4.69) is 4.72 Å². The molecular weight excluding hydrogens is 396 g/mol. The maximum absolute atomic E-state index is 12.3. The maximum Gasteiger partial charge on any atom is 0.307 e. The third-order valence-corrected chi connectivity index (χ3v) is 5.81. The molecule has 0 spiro atoms. The van der Waals surface area contributed by atoms with Gasteiger partial charge in [-0.05, 0) is 36.1 Å². The third-order valence-electron chi connectivity index (χ3n) is 4.34. The highest BCUT2D eigenvalue weighted by molar-refractivity contribution is 7.89. The molecule has 0 bridgehead atoms. The average molecular weight is 420 g/mol. The molecule has 0 heterocycles. The molecule has 2 rings (SSSR count). The quantitative estimate of drug-likeness (QED) is 0.376. The van der Waals surface area contributed by atoms with Gasteiger partial charge in [0.15, 0.2) is 0 Å². The van der Waals surface area contributed by atoms with Gasteiger partial charge in [0, 0.05) is 18.7 Å². The number of carbonyl (C=O) groups excluding carboxylic acids is 1. The van der Waals surface area contributed by atoms with Crippen molar-refractivity contribution in [2.45, 2.75) is 44.1 Å². The van der Waals surface area contributed by atoms with Crippen molar-refractivity contribution in [2.75, 3.05) is 6.54 Å². The van der Waals surface area contributed by atoms with E-state index in [1.165, 1.54) is 30.3 Å². The first-order valence-corrected chi connectivity index (χ1v) is 10.6. The minimum absolute atomic E-state index is 0.0957. The van der Waals surface area contributed by atoms with E-state index in [0.29, 0.717) is 11.5 Å². The standard InChI is InChI=1S/C20H24N2O6S/c1-14(2)16-7-9-19(10-8-16)29(26,27)21-12-11-20(23)28-15(3)17-5-4-6-18(13-17)22(24)25/h4-10,13-15,21H,11-12H2,1-3H3/t15-/m1/s1. The number of nitrogens with one attached hydrogen (secondary N) is 1. The van der Waals surface area contributed by atoms with Crippen LogP contribution in [0.3, 0.4) is 0 Å². The van der Waals surface area contributed by atoms with Crippen molar-refractivity contribution >= 4 is 21.7 Å². The number of sulfonamides is 1. The molecule has 0 aromatic heterocycles. The molecule has 0 unspecified atom stereocenters. The smallest absolute Gasteiger partial charge is 0.307 e. The first-order chi connectivity index (χ1) is 13.6. The molecule has 156 valence electrons. The van der Waals surface area contributed by atoms with Gasteiger partial charge < -0.3 is 4.74 Å². The molecule has 0 saturated heterocycles. The number of nitro groups is 1. The Kier molecular flexibility index (Phi) is 7.46. The molecule has 0 amide bonds. The van der Waals surface area contributed by atoms with E-state index in [1.54, 1.807) is 25.1 Å². The molecule has 0 aliphatic heterocycles. The van der Waals surface area contributed by atoms with Crippen molar-refractivity contribution in [2.24, 2.45) is 0 Å². The van der Waals surface area contributed by atoms with Gasteiger partial charge in [0.1, 0.15) is 6.10 Å². The number of esters is 1. The summed E-state index contributed by atoms with van der Waals surface area (Å²) in [6.07, 6.45) is -0.856. The number of ether oxygens (including phenoxy) is 1. The van der Waals surface area contributed by atoms with Crippen LogP contribution in [0.1, 0.15) is 50.3 Å². The van der Waals surface area contributed by atoms with Gasteiger partial charge >= 0.3 is 5.97 Å². The monoisotopic (exact) mass is 420 g/mol. The van der Waals surface area contributed by atoms with E-state index < -0.39 is 27.0 Å². The van der Waals surface area contributed by atoms with E-state index >= 15 is 0 Å². The van der Waals surface area contributed by atoms with Crippen LogP contribution in [-0.2, 0) is 19.6 Å². The minimum Gasteiger partial charge on any atom is -0.458 e. The third kappa shape index (κ3) is 6.37. The van der Waals surface area contributed by atoms with Gasteiger partial charge in [0.05, 0.1) is 16.2 Å². The molecule has 9 heteroatoms. The first kappa shape index (κ1) is 22.5. The number of rotatable bonds is 9. The fourth-order valence-corrected chi connectivity index (χ4v) is 3.65. The second-order valence-corrected chi connectivity index (χ2v) is 8.62. The Morgan fingerprint density at radius 1 is 1.10 bits per heavy atom. The van der Waals surface area contributed by atoms with Gasteiger partial charge in [-0.15, -0.1) is 0 Å². The Balaban J connectivity index is 1.88. The van der Waals surface area contributed by atoms with Gasteiger partial charge in [0.25, 0.3) is 5.69 Å². The Morgan fingerprint density at radius 3 is 2.34 bits per heavy atom. The second kappa shape index (κ2) is 9.62. The van der Waals surface area contributed by atoms with Crippen molar-refractivity contribution < 1.29 is 22.9 Å². The Hall–Kier alpha value is -2.78. The molecule has 1 N–H and O–H groups in total. The maximum atomic E-state index is 12.3. The number of hydrogen-bond acceptors (Lipinski definition) is 6.